The Balaban J connectivity index is 1.47. The number of hydrogen-bond donors (Lipinski definition) is 2. The van der Waals surface area contributed by atoms with Gasteiger partial charge in [-0.05, 0) is 29.8 Å². The van der Waals surface area contributed by atoms with Crippen molar-refractivity contribution >= 4 is 43.4 Å². The molecule has 28 heavy (non-hydrogen) atoms. The van der Waals surface area contributed by atoms with Crippen LogP contribution < -0.4 is 5.43 Å². The minimum Gasteiger partial charge on any atom is -0.342 e. The van der Waals surface area contributed by atoms with Crippen LogP contribution in [0.1, 0.15) is 11.4 Å². The summed E-state index contributed by atoms with van der Waals surface area (Å²) in [5, 5.41) is 5.46. The predicted octanol–water partition coefficient (Wildman–Crippen LogP) is 5.23. The van der Waals surface area contributed by atoms with Crippen molar-refractivity contribution in [2.75, 3.05) is 5.43 Å². The third-order valence-electron chi connectivity index (χ3n) is 4.46. The van der Waals surface area contributed by atoms with Gasteiger partial charge in [0.1, 0.15) is 5.82 Å². The van der Waals surface area contributed by atoms with Crippen molar-refractivity contribution in [2.45, 2.75) is 6.42 Å². The topological polar surface area (TPSA) is 66.0 Å². The molecule has 0 amide bonds. The fourth-order valence-electron chi connectivity index (χ4n) is 3.12. The summed E-state index contributed by atoms with van der Waals surface area (Å²) >= 11 is 1.59. The summed E-state index contributed by atoms with van der Waals surface area (Å²) < 4.78 is 1.14. The molecule has 2 heterocycles. The van der Waals surface area contributed by atoms with Crippen molar-refractivity contribution < 1.29 is 0 Å². The molecule has 0 aliphatic heterocycles. The van der Waals surface area contributed by atoms with Gasteiger partial charge in [-0.25, -0.2) is 9.97 Å². The van der Waals surface area contributed by atoms with Crippen LogP contribution in [0.3, 0.4) is 0 Å². The highest BCUT2D eigenvalue weighted by molar-refractivity contribution is 7.22. The highest BCUT2D eigenvalue weighted by Gasteiger charge is 2.10. The van der Waals surface area contributed by atoms with Crippen LogP contribution in [0.4, 0.5) is 5.13 Å². The van der Waals surface area contributed by atoms with Crippen LogP contribution in [0.5, 0.6) is 0 Å². The molecular weight excluding hydrogens is 366 g/mol. The number of hydrogen-bond acceptors (Lipinski definition) is 5. The van der Waals surface area contributed by atoms with Crippen LogP contribution in [0.15, 0.2) is 84.0 Å². The van der Waals surface area contributed by atoms with Crippen LogP contribution in [0.25, 0.3) is 21.3 Å². The number of nitrogens with one attached hydrogen (secondary N) is 2. The standard InChI is InChI=1S/C22H17N5S/c1-2-8-15(9-3-1)19(14-21-23-16-10-4-5-11-17(16)24-21)26-27-22-25-18-12-6-7-13-20(18)28-22/h1-13H,14H2,(H,23,24)(H,25,27)/b26-19-. The molecule has 0 spiro atoms. The SMILES string of the molecule is c1ccc(/C(Cc2nc3ccccc3[nH]2)=N\Nc2nc3ccccc3s2)cc1. The maximum absolute atomic E-state index is 4.69. The number of benzene rings is 3. The molecule has 6 heteroatoms. The van der Waals surface area contributed by atoms with Crippen LogP contribution in [-0.2, 0) is 6.42 Å². The van der Waals surface area contributed by atoms with E-state index in [1.807, 2.05) is 60.7 Å². The van der Waals surface area contributed by atoms with E-state index < -0.39 is 0 Å². The number of aromatic amines is 1. The molecule has 0 atom stereocenters. The average Bonchev–Trinajstić information content (AvgIpc) is 3.34. The van der Waals surface area contributed by atoms with Gasteiger partial charge in [-0.2, -0.15) is 5.10 Å². The molecule has 5 aromatic rings. The largest absolute Gasteiger partial charge is 0.342 e. The van der Waals surface area contributed by atoms with Gasteiger partial charge in [-0.15, -0.1) is 0 Å². The van der Waals surface area contributed by atoms with E-state index in [2.05, 4.69) is 38.7 Å². The average molecular weight is 383 g/mol. The smallest absolute Gasteiger partial charge is 0.204 e. The third kappa shape index (κ3) is 3.37. The second kappa shape index (κ2) is 7.25. The van der Waals surface area contributed by atoms with E-state index in [1.54, 1.807) is 11.3 Å². The van der Waals surface area contributed by atoms with Gasteiger partial charge in [-0.3, -0.25) is 5.43 Å². The van der Waals surface area contributed by atoms with Gasteiger partial charge in [0.25, 0.3) is 0 Å². The molecular formula is C22H17N5S. The quantitative estimate of drug-likeness (QED) is 0.322. The first kappa shape index (κ1) is 16.6. The van der Waals surface area contributed by atoms with Crippen molar-refractivity contribution in [3.8, 4) is 0 Å². The zero-order chi connectivity index (χ0) is 18.8. The van der Waals surface area contributed by atoms with Gasteiger partial charge in [0, 0.05) is 0 Å². The zero-order valence-electron chi connectivity index (χ0n) is 15.0. The summed E-state index contributed by atoms with van der Waals surface area (Å²) in [6.07, 6.45) is 0.594. The molecule has 5 nitrogen and oxygen atoms in total. The van der Waals surface area contributed by atoms with Crippen molar-refractivity contribution in [1.82, 2.24) is 15.0 Å². The van der Waals surface area contributed by atoms with Gasteiger partial charge in [0.2, 0.25) is 5.13 Å². The lowest BCUT2D eigenvalue weighted by atomic mass is 10.1. The second-order valence-electron chi connectivity index (χ2n) is 6.40. The first-order chi connectivity index (χ1) is 13.8. The van der Waals surface area contributed by atoms with Crippen LogP contribution in [0.2, 0.25) is 0 Å². The molecule has 0 unspecified atom stereocenters. The van der Waals surface area contributed by atoms with Crippen molar-refractivity contribution in [3.05, 3.63) is 90.3 Å². The molecule has 5 rings (SSSR count). The van der Waals surface area contributed by atoms with E-state index in [4.69, 9.17) is 4.98 Å². The number of imidazole rings is 1. The first-order valence-corrected chi connectivity index (χ1v) is 9.84. The number of fused-ring (bicyclic) bond motifs is 2. The number of rotatable bonds is 5. The zero-order valence-corrected chi connectivity index (χ0v) is 15.8. The van der Waals surface area contributed by atoms with Crippen LogP contribution in [-0.4, -0.2) is 20.7 Å². The Hall–Kier alpha value is -3.51. The van der Waals surface area contributed by atoms with E-state index in [0.717, 1.165) is 43.5 Å². The maximum Gasteiger partial charge on any atom is 0.204 e. The lowest BCUT2D eigenvalue weighted by Crippen LogP contribution is -2.09. The fourth-order valence-corrected chi connectivity index (χ4v) is 3.93. The summed E-state index contributed by atoms with van der Waals surface area (Å²) in [4.78, 5) is 12.7. The van der Waals surface area contributed by atoms with E-state index >= 15 is 0 Å². The van der Waals surface area contributed by atoms with E-state index in [-0.39, 0.29) is 0 Å². The number of aromatic nitrogens is 3. The van der Waals surface area contributed by atoms with Gasteiger partial charge >= 0.3 is 0 Å². The van der Waals surface area contributed by atoms with Crippen LogP contribution >= 0.6 is 11.3 Å². The molecule has 0 radical (unpaired) electrons. The van der Waals surface area contributed by atoms with E-state index in [0.29, 0.717) is 6.42 Å². The fraction of sp³-hybridized carbons (Fsp3) is 0.0455. The Morgan fingerprint density at radius 1 is 0.857 bits per heavy atom. The molecule has 0 aliphatic rings. The van der Waals surface area contributed by atoms with Crippen LogP contribution in [0, 0.1) is 0 Å². The number of H-pyrrole nitrogens is 1. The molecule has 0 fully saturated rings. The molecule has 136 valence electrons. The summed E-state index contributed by atoms with van der Waals surface area (Å²) in [5.74, 6) is 0.884. The number of anilines is 1. The maximum atomic E-state index is 4.69. The number of hydrazone groups is 1. The molecule has 0 saturated carbocycles. The minimum absolute atomic E-state index is 0.594. The van der Waals surface area contributed by atoms with E-state index in [9.17, 15) is 0 Å². The molecule has 2 N–H and O–H groups in total. The summed E-state index contributed by atoms with van der Waals surface area (Å²) in [7, 11) is 0. The molecule has 3 aromatic carbocycles. The Bertz CT molecular complexity index is 1200. The van der Waals surface area contributed by atoms with Gasteiger partial charge in [0.05, 0.1) is 33.4 Å². The second-order valence-corrected chi connectivity index (χ2v) is 7.43. The minimum atomic E-state index is 0.594. The third-order valence-corrected chi connectivity index (χ3v) is 5.40. The molecule has 0 aliphatic carbocycles. The summed E-state index contributed by atoms with van der Waals surface area (Å²) in [6.45, 7) is 0. The normalized spacial score (nSPS) is 11.9. The van der Waals surface area contributed by atoms with Gasteiger partial charge in [0.15, 0.2) is 0 Å². The number of para-hydroxylation sites is 3. The Labute approximate surface area is 165 Å². The number of thiazole rings is 1. The van der Waals surface area contributed by atoms with Crippen molar-refractivity contribution in [3.63, 3.8) is 0 Å². The number of nitrogens with zero attached hydrogens (tertiary/aromatic N) is 3. The molecule has 2 aromatic heterocycles. The lowest BCUT2D eigenvalue weighted by molar-refractivity contribution is 1.09. The summed E-state index contributed by atoms with van der Waals surface area (Å²) in [5.41, 5.74) is 8.06. The van der Waals surface area contributed by atoms with Crippen molar-refractivity contribution in [1.29, 1.82) is 0 Å². The van der Waals surface area contributed by atoms with Gasteiger partial charge < -0.3 is 4.98 Å². The Morgan fingerprint density at radius 3 is 2.43 bits per heavy atom. The van der Waals surface area contributed by atoms with E-state index in [1.165, 1.54) is 0 Å². The highest BCUT2D eigenvalue weighted by Crippen LogP contribution is 2.25. The highest BCUT2D eigenvalue weighted by atomic mass is 32.1. The molecule has 0 bridgehead atoms. The Morgan fingerprint density at radius 2 is 1.61 bits per heavy atom. The summed E-state index contributed by atoms with van der Waals surface area (Å²) in [6, 6.07) is 26.3. The Kier molecular flexibility index (Phi) is 4.31. The predicted molar refractivity (Wildman–Crippen MR) is 116 cm³/mol. The van der Waals surface area contributed by atoms with Gasteiger partial charge in [-0.1, -0.05) is 65.9 Å². The monoisotopic (exact) mass is 383 g/mol. The van der Waals surface area contributed by atoms with Crippen molar-refractivity contribution in [2.24, 2.45) is 5.10 Å². The first-order valence-electron chi connectivity index (χ1n) is 9.02. The lowest BCUT2D eigenvalue weighted by Gasteiger charge is -2.05. The molecule has 0 saturated heterocycles.